The second-order valence-corrected chi connectivity index (χ2v) is 5.24. The Morgan fingerprint density at radius 2 is 2.17 bits per heavy atom. The van der Waals surface area contributed by atoms with Crippen molar-refractivity contribution in [3.63, 3.8) is 0 Å². The second-order valence-electron chi connectivity index (χ2n) is 5.24. The molecule has 0 aromatic carbocycles. The van der Waals surface area contributed by atoms with Gasteiger partial charge >= 0.3 is 0 Å². The largest absolute Gasteiger partial charge is 0.387 e. The van der Waals surface area contributed by atoms with E-state index in [1.165, 1.54) is 0 Å². The zero-order valence-electron chi connectivity index (χ0n) is 11.2. The van der Waals surface area contributed by atoms with Gasteiger partial charge in [-0.1, -0.05) is 6.92 Å². The molecule has 0 saturated carbocycles. The molecular weight excluding hydrogens is 228 g/mol. The maximum Gasteiger partial charge on any atom is 0.140 e. The molecule has 1 aliphatic rings. The van der Waals surface area contributed by atoms with Gasteiger partial charge in [0.05, 0.1) is 12.4 Å². The lowest BCUT2D eigenvalue weighted by atomic mass is 9.79. The van der Waals surface area contributed by atoms with Crippen LogP contribution in [0.2, 0.25) is 0 Å². The third-order valence-electron chi connectivity index (χ3n) is 3.97. The molecule has 6 heteroatoms. The fraction of sp³-hybridized carbons (Fsp3) is 0.750. The first kappa shape index (κ1) is 13.0. The smallest absolute Gasteiger partial charge is 0.140 e. The SMILES string of the molecule is CCn1ncnc1CN1CCC(C)(C(=N)N)CC1. The minimum Gasteiger partial charge on any atom is -0.387 e. The van der Waals surface area contributed by atoms with E-state index in [9.17, 15) is 0 Å². The minimum atomic E-state index is -0.116. The molecular formula is C12H22N6. The standard InChI is InChI=1S/C12H22N6/c1-3-18-10(15-9-16-18)8-17-6-4-12(2,5-7-17)11(13)14/h9H,3-8H2,1-2H3,(H3,13,14). The first-order valence-corrected chi connectivity index (χ1v) is 6.48. The Balaban J connectivity index is 1.93. The van der Waals surface area contributed by atoms with Crippen LogP contribution < -0.4 is 5.73 Å². The Kier molecular flexibility index (Phi) is 3.65. The molecule has 2 rings (SSSR count). The van der Waals surface area contributed by atoms with E-state index in [2.05, 4.69) is 28.8 Å². The Morgan fingerprint density at radius 3 is 2.72 bits per heavy atom. The van der Waals surface area contributed by atoms with Crippen LogP contribution in [0, 0.1) is 10.8 Å². The molecule has 1 aromatic heterocycles. The average Bonchev–Trinajstić information content (AvgIpc) is 2.79. The summed E-state index contributed by atoms with van der Waals surface area (Å²) in [5, 5.41) is 11.8. The monoisotopic (exact) mass is 250 g/mol. The number of nitrogens with one attached hydrogen (secondary N) is 1. The average molecular weight is 250 g/mol. The van der Waals surface area contributed by atoms with Crippen LogP contribution in [-0.2, 0) is 13.1 Å². The van der Waals surface area contributed by atoms with Crippen molar-refractivity contribution in [1.29, 1.82) is 5.41 Å². The van der Waals surface area contributed by atoms with Crippen LogP contribution in [0.3, 0.4) is 0 Å². The van der Waals surface area contributed by atoms with Gasteiger partial charge in [-0.25, -0.2) is 9.67 Å². The number of hydrogen-bond donors (Lipinski definition) is 2. The molecule has 0 aliphatic carbocycles. The number of aromatic nitrogens is 3. The molecule has 100 valence electrons. The summed E-state index contributed by atoms with van der Waals surface area (Å²) >= 11 is 0. The quantitative estimate of drug-likeness (QED) is 0.612. The van der Waals surface area contributed by atoms with Gasteiger partial charge < -0.3 is 5.73 Å². The van der Waals surface area contributed by atoms with Gasteiger partial charge in [0.1, 0.15) is 12.2 Å². The summed E-state index contributed by atoms with van der Waals surface area (Å²) in [6.45, 7) is 7.78. The molecule has 0 bridgehead atoms. The molecule has 3 N–H and O–H groups in total. The third-order valence-corrected chi connectivity index (χ3v) is 3.97. The molecule has 2 heterocycles. The molecule has 0 amide bonds. The molecule has 1 aromatic rings. The van der Waals surface area contributed by atoms with Crippen LogP contribution in [0.1, 0.15) is 32.5 Å². The van der Waals surface area contributed by atoms with E-state index < -0.39 is 0 Å². The Bertz CT molecular complexity index is 416. The maximum atomic E-state index is 7.64. The minimum absolute atomic E-state index is 0.116. The highest BCUT2D eigenvalue weighted by atomic mass is 15.3. The lowest BCUT2D eigenvalue weighted by molar-refractivity contribution is 0.151. The lowest BCUT2D eigenvalue weighted by Gasteiger charge is -2.38. The van der Waals surface area contributed by atoms with Crippen LogP contribution >= 0.6 is 0 Å². The molecule has 6 nitrogen and oxygen atoms in total. The van der Waals surface area contributed by atoms with Crippen LogP contribution in [0.25, 0.3) is 0 Å². The third kappa shape index (κ3) is 2.53. The summed E-state index contributed by atoms with van der Waals surface area (Å²) < 4.78 is 1.93. The highest BCUT2D eigenvalue weighted by molar-refractivity contribution is 5.83. The Morgan fingerprint density at radius 1 is 1.50 bits per heavy atom. The number of amidine groups is 1. The van der Waals surface area contributed by atoms with E-state index in [-0.39, 0.29) is 5.41 Å². The van der Waals surface area contributed by atoms with Crippen molar-refractivity contribution in [1.82, 2.24) is 19.7 Å². The van der Waals surface area contributed by atoms with Gasteiger partial charge in [-0.05, 0) is 32.9 Å². The van der Waals surface area contributed by atoms with E-state index in [4.69, 9.17) is 11.1 Å². The first-order chi connectivity index (χ1) is 8.55. The predicted octanol–water partition coefficient (Wildman–Crippen LogP) is 0.836. The zero-order chi connectivity index (χ0) is 13.2. The molecule has 0 atom stereocenters. The summed E-state index contributed by atoms with van der Waals surface area (Å²) in [7, 11) is 0. The van der Waals surface area contributed by atoms with Gasteiger partial charge in [-0.15, -0.1) is 0 Å². The normalized spacial score (nSPS) is 19.9. The van der Waals surface area contributed by atoms with E-state index in [1.807, 2.05) is 4.68 Å². The number of hydrogen-bond acceptors (Lipinski definition) is 4. The van der Waals surface area contributed by atoms with Crippen molar-refractivity contribution < 1.29 is 0 Å². The van der Waals surface area contributed by atoms with Crippen LogP contribution in [0.5, 0.6) is 0 Å². The van der Waals surface area contributed by atoms with Crippen LogP contribution in [0.15, 0.2) is 6.33 Å². The van der Waals surface area contributed by atoms with Crippen molar-refractivity contribution >= 4 is 5.84 Å². The summed E-state index contributed by atoms with van der Waals surface area (Å²) in [5.41, 5.74) is 5.55. The van der Waals surface area contributed by atoms with E-state index in [1.54, 1.807) is 6.33 Å². The van der Waals surface area contributed by atoms with Gasteiger partial charge in [-0.3, -0.25) is 10.3 Å². The molecule has 0 spiro atoms. The van der Waals surface area contributed by atoms with Crippen LogP contribution in [0.4, 0.5) is 0 Å². The predicted molar refractivity (Wildman–Crippen MR) is 70.2 cm³/mol. The van der Waals surface area contributed by atoms with Crippen molar-refractivity contribution in [3.8, 4) is 0 Å². The van der Waals surface area contributed by atoms with Gasteiger partial charge in [0.15, 0.2) is 0 Å². The van der Waals surface area contributed by atoms with Crippen molar-refractivity contribution in [2.75, 3.05) is 13.1 Å². The summed E-state index contributed by atoms with van der Waals surface area (Å²) in [6.07, 6.45) is 3.51. The van der Waals surface area contributed by atoms with E-state index in [0.29, 0.717) is 5.84 Å². The first-order valence-electron chi connectivity index (χ1n) is 6.48. The van der Waals surface area contributed by atoms with Crippen LogP contribution in [-0.4, -0.2) is 38.6 Å². The summed E-state index contributed by atoms with van der Waals surface area (Å²) in [4.78, 5) is 6.66. The highest BCUT2D eigenvalue weighted by Gasteiger charge is 2.33. The zero-order valence-corrected chi connectivity index (χ0v) is 11.2. The maximum absolute atomic E-state index is 7.64. The fourth-order valence-corrected chi connectivity index (χ4v) is 2.35. The number of piperidine rings is 1. The Labute approximate surface area is 108 Å². The summed E-state index contributed by atoms with van der Waals surface area (Å²) in [5.74, 6) is 1.34. The molecule has 0 radical (unpaired) electrons. The fourth-order valence-electron chi connectivity index (χ4n) is 2.35. The van der Waals surface area contributed by atoms with Gasteiger partial charge in [-0.2, -0.15) is 5.10 Å². The van der Waals surface area contributed by atoms with Crippen molar-refractivity contribution in [2.45, 2.75) is 39.8 Å². The van der Waals surface area contributed by atoms with Crippen molar-refractivity contribution in [3.05, 3.63) is 12.2 Å². The number of nitrogens with two attached hydrogens (primary N) is 1. The number of nitrogens with zero attached hydrogens (tertiary/aromatic N) is 4. The molecule has 0 unspecified atom stereocenters. The summed E-state index contributed by atoms with van der Waals surface area (Å²) in [6, 6.07) is 0. The lowest BCUT2D eigenvalue weighted by Crippen LogP contribution is -2.45. The number of aryl methyl sites for hydroxylation is 1. The Hall–Kier alpha value is -1.43. The number of rotatable bonds is 4. The van der Waals surface area contributed by atoms with E-state index >= 15 is 0 Å². The molecule has 1 saturated heterocycles. The topological polar surface area (TPSA) is 83.8 Å². The highest BCUT2D eigenvalue weighted by Crippen LogP contribution is 2.30. The number of likely N-dealkylation sites (tertiary alicyclic amines) is 1. The molecule has 18 heavy (non-hydrogen) atoms. The molecule has 1 aliphatic heterocycles. The van der Waals surface area contributed by atoms with Gasteiger partial charge in [0.25, 0.3) is 0 Å². The van der Waals surface area contributed by atoms with E-state index in [0.717, 1.165) is 44.8 Å². The molecule has 1 fully saturated rings. The second kappa shape index (κ2) is 5.06. The van der Waals surface area contributed by atoms with Crippen molar-refractivity contribution in [2.24, 2.45) is 11.1 Å². The van der Waals surface area contributed by atoms with Gasteiger partial charge in [0, 0.05) is 12.0 Å². The van der Waals surface area contributed by atoms with Gasteiger partial charge in [0.2, 0.25) is 0 Å².